The van der Waals surface area contributed by atoms with E-state index in [4.69, 9.17) is 5.73 Å². The van der Waals surface area contributed by atoms with Crippen molar-refractivity contribution in [2.45, 2.75) is 6.54 Å². The number of thiazole rings is 1. The summed E-state index contributed by atoms with van der Waals surface area (Å²) in [5, 5.41) is 0.898. The van der Waals surface area contributed by atoms with Crippen LogP contribution in [-0.4, -0.2) is 26.1 Å². The molecule has 17 heavy (non-hydrogen) atoms. The first kappa shape index (κ1) is 10.4. The lowest BCUT2D eigenvalue weighted by atomic mass is 10.4. The Morgan fingerprint density at radius 1 is 1.35 bits per heavy atom. The first-order valence-electron chi connectivity index (χ1n) is 5.30. The van der Waals surface area contributed by atoms with Crippen molar-refractivity contribution >= 4 is 21.7 Å². The van der Waals surface area contributed by atoms with Crippen LogP contribution in [0.25, 0.3) is 21.0 Å². The summed E-state index contributed by atoms with van der Waals surface area (Å²) in [5.41, 5.74) is 7.29. The maximum Gasteiger partial charge on any atom is 0.146 e. The van der Waals surface area contributed by atoms with E-state index in [1.807, 2.05) is 22.9 Å². The van der Waals surface area contributed by atoms with Crippen LogP contribution in [0.15, 0.2) is 30.9 Å². The lowest BCUT2D eigenvalue weighted by Crippen LogP contribution is -2.07. The van der Waals surface area contributed by atoms with Gasteiger partial charge in [-0.15, -0.1) is 0 Å². The lowest BCUT2D eigenvalue weighted by Gasteiger charge is -1.94. The number of rotatable bonds is 3. The summed E-state index contributed by atoms with van der Waals surface area (Å²) in [6, 6.07) is 3.85. The van der Waals surface area contributed by atoms with Crippen molar-refractivity contribution in [3.8, 4) is 10.7 Å². The first-order chi connectivity index (χ1) is 8.36. The fourth-order valence-corrected chi connectivity index (χ4v) is 2.49. The zero-order valence-corrected chi connectivity index (χ0v) is 9.89. The van der Waals surface area contributed by atoms with Crippen LogP contribution < -0.4 is 5.73 Å². The summed E-state index contributed by atoms with van der Waals surface area (Å²) in [7, 11) is 0. The summed E-state index contributed by atoms with van der Waals surface area (Å²) in [5.74, 6) is 0. The van der Waals surface area contributed by atoms with E-state index < -0.39 is 0 Å². The van der Waals surface area contributed by atoms with Gasteiger partial charge in [-0.2, -0.15) is 0 Å². The SMILES string of the molecule is NCCn1cnc(-c2nc3cccnc3s2)c1. The zero-order valence-electron chi connectivity index (χ0n) is 9.08. The number of hydrogen-bond donors (Lipinski definition) is 1. The van der Waals surface area contributed by atoms with Gasteiger partial charge in [-0.25, -0.2) is 15.0 Å². The molecule has 2 N–H and O–H groups in total. The van der Waals surface area contributed by atoms with Gasteiger partial charge in [-0.3, -0.25) is 0 Å². The van der Waals surface area contributed by atoms with Crippen LogP contribution in [-0.2, 0) is 6.54 Å². The molecule has 6 heteroatoms. The molecule has 3 rings (SSSR count). The van der Waals surface area contributed by atoms with E-state index in [0.29, 0.717) is 6.54 Å². The normalized spacial score (nSPS) is 11.1. The molecule has 0 radical (unpaired) electrons. The van der Waals surface area contributed by atoms with Crippen LogP contribution in [0.5, 0.6) is 0 Å². The fourth-order valence-electron chi connectivity index (χ4n) is 1.62. The van der Waals surface area contributed by atoms with Gasteiger partial charge >= 0.3 is 0 Å². The van der Waals surface area contributed by atoms with Crippen LogP contribution >= 0.6 is 11.3 Å². The Morgan fingerprint density at radius 2 is 2.29 bits per heavy atom. The monoisotopic (exact) mass is 245 g/mol. The van der Waals surface area contributed by atoms with E-state index in [-0.39, 0.29) is 0 Å². The van der Waals surface area contributed by atoms with Crippen molar-refractivity contribution in [3.05, 3.63) is 30.9 Å². The summed E-state index contributed by atoms with van der Waals surface area (Å²) < 4.78 is 1.97. The number of imidazole rings is 1. The van der Waals surface area contributed by atoms with Gasteiger partial charge in [0.15, 0.2) is 0 Å². The molecule has 3 heterocycles. The summed E-state index contributed by atoms with van der Waals surface area (Å²) >= 11 is 1.55. The van der Waals surface area contributed by atoms with Crippen LogP contribution in [0, 0.1) is 0 Å². The Labute approximate surface area is 102 Å². The largest absolute Gasteiger partial charge is 0.335 e. The molecule has 0 unspecified atom stereocenters. The van der Waals surface area contributed by atoms with E-state index in [1.54, 1.807) is 23.9 Å². The number of fused-ring (bicyclic) bond motifs is 1. The molecular weight excluding hydrogens is 234 g/mol. The molecule has 3 aromatic rings. The van der Waals surface area contributed by atoms with Crippen LogP contribution in [0.2, 0.25) is 0 Å². The van der Waals surface area contributed by atoms with Crippen molar-refractivity contribution in [1.82, 2.24) is 19.5 Å². The summed E-state index contributed by atoms with van der Waals surface area (Å²) in [6.07, 6.45) is 5.52. The summed E-state index contributed by atoms with van der Waals surface area (Å²) in [4.78, 5) is 14.0. The molecule has 86 valence electrons. The predicted octanol–water partition coefficient (Wildman–Crippen LogP) is 1.51. The third-order valence-electron chi connectivity index (χ3n) is 2.41. The van der Waals surface area contributed by atoms with Crippen molar-refractivity contribution in [3.63, 3.8) is 0 Å². The number of nitrogens with zero attached hydrogens (tertiary/aromatic N) is 4. The highest BCUT2D eigenvalue weighted by molar-refractivity contribution is 7.21. The van der Waals surface area contributed by atoms with Gasteiger partial charge in [0.2, 0.25) is 0 Å². The maximum atomic E-state index is 5.50. The molecule has 0 atom stereocenters. The quantitative estimate of drug-likeness (QED) is 0.759. The molecule has 0 saturated carbocycles. The van der Waals surface area contributed by atoms with Gasteiger partial charge in [-0.1, -0.05) is 11.3 Å². The molecule has 0 bridgehead atoms. The standard InChI is InChI=1S/C11H11N5S/c12-3-5-16-6-9(14-7-16)11-15-8-2-1-4-13-10(8)17-11/h1-2,4,6-7H,3,5,12H2. The minimum Gasteiger partial charge on any atom is -0.335 e. The number of pyridine rings is 1. The molecule has 0 saturated heterocycles. The second-order valence-corrected chi connectivity index (χ2v) is 4.61. The Morgan fingerprint density at radius 3 is 3.12 bits per heavy atom. The topological polar surface area (TPSA) is 69.6 Å². The second kappa shape index (κ2) is 4.23. The highest BCUT2D eigenvalue weighted by Crippen LogP contribution is 2.27. The molecule has 5 nitrogen and oxygen atoms in total. The predicted molar refractivity (Wildman–Crippen MR) is 67.7 cm³/mol. The highest BCUT2D eigenvalue weighted by Gasteiger charge is 2.09. The molecule has 0 aliphatic carbocycles. The molecule has 3 aromatic heterocycles. The van der Waals surface area contributed by atoms with Gasteiger partial charge in [0.05, 0.1) is 6.33 Å². The second-order valence-electron chi connectivity index (χ2n) is 3.63. The Bertz CT molecular complexity index is 609. The van der Waals surface area contributed by atoms with E-state index >= 15 is 0 Å². The number of hydrogen-bond acceptors (Lipinski definition) is 5. The Hall–Kier alpha value is -1.79. The minimum atomic E-state index is 0.608. The summed E-state index contributed by atoms with van der Waals surface area (Å²) in [6.45, 7) is 1.38. The van der Waals surface area contributed by atoms with Gasteiger partial charge in [0, 0.05) is 25.5 Å². The van der Waals surface area contributed by atoms with E-state index in [9.17, 15) is 0 Å². The smallest absolute Gasteiger partial charge is 0.146 e. The average Bonchev–Trinajstić information content (AvgIpc) is 2.94. The van der Waals surface area contributed by atoms with E-state index in [2.05, 4.69) is 15.0 Å². The van der Waals surface area contributed by atoms with Gasteiger partial charge in [0.25, 0.3) is 0 Å². The van der Waals surface area contributed by atoms with Crippen molar-refractivity contribution in [2.75, 3.05) is 6.54 Å². The Kier molecular flexibility index (Phi) is 2.58. The van der Waals surface area contributed by atoms with Crippen molar-refractivity contribution < 1.29 is 0 Å². The minimum absolute atomic E-state index is 0.608. The van der Waals surface area contributed by atoms with Crippen LogP contribution in [0.1, 0.15) is 0 Å². The first-order valence-corrected chi connectivity index (χ1v) is 6.12. The zero-order chi connectivity index (χ0) is 11.7. The van der Waals surface area contributed by atoms with Gasteiger partial charge < -0.3 is 10.3 Å². The average molecular weight is 245 g/mol. The maximum absolute atomic E-state index is 5.50. The van der Waals surface area contributed by atoms with Crippen LogP contribution in [0.4, 0.5) is 0 Å². The Balaban J connectivity index is 2.01. The number of nitrogens with two attached hydrogens (primary N) is 1. The van der Waals surface area contributed by atoms with E-state index in [1.165, 1.54) is 0 Å². The molecule has 0 fully saturated rings. The fraction of sp³-hybridized carbons (Fsp3) is 0.182. The highest BCUT2D eigenvalue weighted by atomic mass is 32.1. The molecule has 0 aliphatic heterocycles. The van der Waals surface area contributed by atoms with Crippen molar-refractivity contribution in [1.29, 1.82) is 0 Å². The molecule has 0 amide bonds. The lowest BCUT2D eigenvalue weighted by molar-refractivity contribution is 0.708. The molecule has 0 spiro atoms. The van der Waals surface area contributed by atoms with Gasteiger partial charge in [-0.05, 0) is 12.1 Å². The van der Waals surface area contributed by atoms with E-state index in [0.717, 1.165) is 27.6 Å². The molecule has 0 aromatic carbocycles. The van der Waals surface area contributed by atoms with Gasteiger partial charge in [0.1, 0.15) is 21.0 Å². The third kappa shape index (κ3) is 1.92. The van der Waals surface area contributed by atoms with Crippen LogP contribution in [0.3, 0.4) is 0 Å². The molecular formula is C11H11N5S. The third-order valence-corrected chi connectivity index (χ3v) is 3.41. The molecule has 0 aliphatic rings. The van der Waals surface area contributed by atoms with Crippen molar-refractivity contribution in [2.24, 2.45) is 5.73 Å². The number of aromatic nitrogens is 4.